The van der Waals surface area contributed by atoms with E-state index < -0.39 is 41.8 Å². The average molecular weight is 520 g/mol. The molecule has 210 valence electrons. The summed E-state index contributed by atoms with van der Waals surface area (Å²) in [7, 11) is 0. The molecule has 0 radical (unpaired) electrons. The molecule has 8 heteroatoms. The van der Waals surface area contributed by atoms with Crippen LogP contribution in [0.15, 0.2) is 18.2 Å². The van der Waals surface area contributed by atoms with Gasteiger partial charge in [-0.15, -0.1) is 0 Å². The number of rotatable bonds is 12. The van der Waals surface area contributed by atoms with E-state index in [9.17, 15) is 19.5 Å². The molecule has 0 spiro atoms. The van der Waals surface area contributed by atoms with Gasteiger partial charge in [-0.25, -0.2) is 4.79 Å². The average Bonchev–Trinajstić information content (AvgIpc) is 2.76. The van der Waals surface area contributed by atoms with Gasteiger partial charge in [0, 0.05) is 12.1 Å². The number of aliphatic hydroxyl groups excluding tert-OH is 1. The molecule has 0 bridgehead atoms. The maximum atomic E-state index is 13.9. The van der Waals surface area contributed by atoms with Crippen molar-refractivity contribution in [2.75, 3.05) is 13.2 Å². The fourth-order valence-electron chi connectivity index (χ4n) is 4.05. The van der Waals surface area contributed by atoms with Crippen LogP contribution in [0.2, 0.25) is 0 Å². The van der Waals surface area contributed by atoms with Crippen molar-refractivity contribution in [2.45, 2.75) is 118 Å². The lowest BCUT2D eigenvalue weighted by molar-refractivity contribution is -0.144. The fourth-order valence-corrected chi connectivity index (χ4v) is 4.05. The first-order valence-corrected chi connectivity index (χ1v) is 13.4. The Morgan fingerprint density at radius 1 is 1.00 bits per heavy atom. The number of nitrogens with one attached hydrogen (secondary N) is 2. The molecule has 0 heterocycles. The summed E-state index contributed by atoms with van der Waals surface area (Å²) in [4.78, 5) is 41.6. The first-order valence-electron chi connectivity index (χ1n) is 13.4. The van der Waals surface area contributed by atoms with Crippen molar-refractivity contribution in [3.05, 3.63) is 34.9 Å². The molecule has 2 unspecified atom stereocenters. The largest absolute Gasteiger partial charge is 0.444 e. The molecule has 2 atom stereocenters. The van der Waals surface area contributed by atoms with Gasteiger partial charge in [-0.2, -0.15) is 0 Å². The van der Waals surface area contributed by atoms with Crippen molar-refractivity contribution in [3.63, 3.8) is 0 Å². The summed E-state index contributed by atoms with van der Waals surface area (Å²) < 4.78 is 5.31. The highest BCUT2D eigenvalue weighted by Crippen LogP contribution is 2.28. The third-order valence-corrected chi connectivity index (χ3v) is 5.96. The minimum absolute atomic E-state index is 0.308. The Morgan fingerprint density at radius 3 is 2.16 bits per heavy atom. The lowest BCUT2D eigenvalue weighted by Gasteiger charge is -2.36. The minimum atomic E-state index is -1.25. The van der Waals surface area contributed by atoms with Crippen LogP contribution in [0.1, 0.15) is 103 Å². The van der Waals surface area contributed by atoms with E-state index in [0.717, 1.165) is 42.4 Å². The van der Waals surface area contributed by atoms with Gasteiger partial charge in [0.25, 0.3) is 0 Å². The Labute approximate surface area is 223 Å². The number of alkyl carbamates (subject to hydrolysis) is 1. The van der Waals surface area contributed by atoms with Gasteiger partial charge in [-0.1, -0.05) is 50.8 Å². The van der Waals surface area contributed by atoms with Crippen LogP contribution >= 0.6 is 0 Å². The lowest BCUT2D eigenvalue weighted by atomic mass is 9.94. The number of nitrogens with zero attached hydrogens (tertiary/aromatic N) is 1. The highest BCUT2D eigenvalue weighted by molar-refractivity contribution is 5.92. The highest BCUT2D eigenvalue weighted by atomic mass is 16.6. The molecule has 1 rings (SSSR count). The van der Waals surface area contributed by atoms with Crippen molar-refractivity contribution in [3.8, 4) is 0 Å². The summed E-state index contributed by atoms with van der Waals surface area (Å²) in [5.74, 6) is -0.837. The van der Waals surface area contributed by atoms with E-state index in [2.05, 4.69) is 17.6 Å². The van der Waals surface area contributed by atoms with Crippen molar-refractivity contribution >= 4 is 17.9 Å². The van der Waals surface area contributed by atoms with E-state index in [0.29, 0.717) is 13.0 Å². The summed E-state index contributed by atoms with van der Waals surface area (Å²) in [5.41, 5.74) is 1.36. The standard InChI is InChI=1S/C29H49N3O5/c1-10-11-12-13-14-18-32(26(35)23(19-33)30-27(36)37-29(7,8)9)24(25(34)31-28(4,5)6)22-17-15-16-20(2)21(22)3/h15-17,23-24,33H,10-14,18-19H2,1-9H3,(H,30,36)(H,31,34). The molecule has 0 aliphatic rings. The number of carbonyl (C=O) groups excluding carboxylic acids is 3. The molecular formula is C29H49N3O5. The van der Waals surface area contributed by atoms with Crippen LogP contribution in [0.25, 0.3) is 0 Å². The molecule has 3 amide bonds. The predicted octanol–water partition coefficient (Wildman–Crippen LogP) is 4.94. The normalized spacial score (nSPS) is 13.5. The van der Waals surface area contributed by atoms with Gasteiger partial charge in [-0.05, 0) is 78.5 Å². The second kappa shape index (κ2) is 14.4. The number of aryl methyl sites for hydroxylation is 1. The first-order chi connectivity index (χ1) is 17.1. The van der Waals surface area contributed by atoms with E-state index in [1.165, 1.54) is 4.90 Å². The number of aliphatic hydroxyl groups is 1. The molecule has 0 aliphatic carbocycles. The van der Waals surface area contributed by atoms with Crippen LogP contribution < -0.4 is 10.6 Å². The SMILES string of the molecule is CCCCCCCN(C(=O)C(CO)NC(=O)OC(C)(C)C)C(C(=O)NC(C)(C)C)c1cccc(C)c1C. The van der Waals surface area contributed by atoms with Crippen LogP contribution in [-0.4, -0.2) is 58.2 Å². The third kappa shape index (κ3) is 11.1. The van der Waals surface area contributed by atoms with Crippen LogP contribution in [0.3, 0.4) is 0 Å². The van der Waals surface area contributed by atoms with Gasteiger partial charge in [0.05, 0.1) is 6.61 Å². The Hall–Kier alpha value is -2.61. The Kier molecular flexibility index (Phi) is 12.6. The molecular weight excluding hydrogens is 470 g/mol. The summed E-state index contributed by atoms with van der Waals surface area (Å²) in [6.45, 7) is 16.6. The van der Waals surface area contributed by atoms with Crippen LogP contribution in [0, 0.1) is 13.8 Å². The summed E-state index contributed by atoms with van der Waals surface area (Å²) in [5, 5.41) is 15.6. The van der Waals surface area contributed by atoms with E-state index in [1.807, 2.05) is 52.8 Å². The number of carbonyl (C=O) groups is 3. The quantitative estimate of drug-likeness (QED) is 0.339. The van der Waals surface area contributed by atoms with Crippen LogP contribution in [0.5, 0.6) is 0 Å². The lowest BCUT2D eigenvalue weighted by Crippen LogP contribution is -2.56. The number of unbranched alkanes of at least 4 members (excludes halogenated alkanes) is 4. The fraction of sp³-hybridized carbons (Fsp3) is 0.690. The molecule has 1 aromatic rings. The summed E-state index contributed by atoms with van der Waals surface area (Å²) in [6.07, 6.45) is 4.01. The van der Waals surface area contributed by atoms with Gasteiger partial charge < -0.3 is 25.4 Å². The van der Waals surface area contributed by atoms with Crippen molar-refractivity contribution in [2.24, 2.45) is 0 Å². The minimum Gasteiger partial charge on any atom is -0.444 e. The van der Waals surface area contributed by atoms with E-state index in [4.69, 9.17) is 4.74 Å². The van der Waals surface area contributed by atoms with Crippen LogP contribution in [0.4, 0.5) is 4.79 Å². The Balaban J connectivity index is 3.48. The molecule has 3 N–H and O–H groups in total. The number of ether oxygens (including phenoxy) is 1. The van der Waals surface area contributed by atoms with E-state index >= 15 is 0 Å². The zero-order valence-electron chi connectivity index (χ0n) is 24.4. The van der Waals surface area contributed by atoms with Gasteiger partial charge in [0.1, 0.15) is 17.7 Å². The van der Waals surface area contributed by atoms with Gasteiger partial charge >= 0.3 is 6.09 Å². The smallest absolute Gasteiger partial charge is 0.408 e. The number of benzene rings is 1. The summed E-state index contributed by atoms with van der Waals surface area (Å²) in [6, 6.07) is 3.53. The van der Waals surface area contributed by atoms with Crippen molar-refractivity contribution in [1.29, 1.82) is 0 Å². The number of hydrogen-bond donors (Lipinski definition) is 3. The predicted molar refractivity (Wildman–Crippen MR) is 147 cm³/mol. The van der Waals surface area contributed by atoms with Gasteiger partial charge in [-0.3, -0.25) is 9.59 Å². The molecule has 0 fully saturated rings. The highest BCUT2D eigenvalue weighted by Gasteiger charge is 2.37. The summed E-state index contributed by atoms with van der Waals surface area (Å²) >= 11 is 0. The van der Waals surface area contributed by atoms with Gasteiger partial charge in [0.2, 0.25) is 11.8 Å². The second-order valence-electron chi connectivity index (χ2n) is 11.8. The zero-order chi connectivity index (χ0) is 28.4. The third-order valence-electron chi connectivity index (χ3n) is 5.96. The monoisotopic (exact) mass is 519 g/mol. The maximum Gasteiger partial charge on any atom is 0.408 e. The Morgan fingerprint density at radius 2 is 1.62 bits per heavy atom. The zero-order valence-corrected chi connectivity index (χ0v) is 24.4. The van der Waals surface area contributed by atoms with Crippen LogP contribution in [-0.2, 0) is 14.3 Å². The number of amides is 3. The second-order valence-corrected chi connectivity index (χ2v) is 11.8. The molecule has 0 saturated carbocycles. The molecule has 0 saturated heterocycles. The topological polar surface area (TPSA) is 108 Å². The molecule has 8 nitrogen and oxygen atoms in total. The van der Waals surface area contributed by atoms with Gasteiger partial charge in [0.15, 0.2) is 0 Å². The van der Waals surface area contributed by atoms with Crippen molar-refractivity contribution < 1.29 is 24.2 Å². The first kappa shape index (κ1) is 32.4. The molecule has 0 aliphatic heterocycles. The molecule has 37 heavy (non-hydrogen) atoms. The van der Waals surface area contributed by atoms with E-state index in [-0.39, 0.29) is 5.91 Å². The maximum absolute atomic E-state index is 13.9. The van der Waals surface area contributed by atoms with Crippen molar-refractivity contribution in [1.82, 2.24) is 15.5 Å². The van der Waals surface area contributed by atoms with E-state index in [1.54, 1.807) is 20.8 Å². The number of hydrogen-bond acceptors (Lipinski definition) is 5. The Bertz CT molecular complexity index is 902. The molecule has 1 aromatic carbocycles. The molecule has 0 aromatic heterocycles.